The largest absolute Gasteiger partial charge is 0.388 e. The fraction of sp³-hybridized carbons (Fsp3) is 0.417. The van der Waals surface area contributed by atoms with Gasteiger partial charge in [0.25, 0.3) is 0 Å². The first kappa shape index (κ1) is 11.2. The molecule has 0 radical (unpaired) electrons. The number of hydrogen-bond donors (Lipinski definition) is 2. The zero-order valence-corrected chi connectivity index (χ0v) is 10.2. The molecule has 2 aromatic rings. The molecule has 1 unspecified atom stereocenters. The second-order valence-electron chi connectivity index (χ2n) is 4.47. The summed E-state index contributed by atoms with van der Waals surface area (Å²) < 4.78 is 0. The fourth-order valence-electron chi connectivity index (χ4n) is 2.33. The maximum absolute atomic E-state index is 10.3. The van der Waals surface area contributed by atoms with Gasteiger partial charge < -0.3 is 10.4 Å². The monoisotopic (exact) mass is 245 g/mol. The highest BCUT2D eigenvalue weighted by Gasteiger charge is 2.20. The highest BCUT2D eigenvalue weighted by molar-refractivity contribution is 5.61. The average molecular weight is 245 g/mol. The number of para-hydroxylation sites is 1. The Kier molecular flexibility index (Phi) is 2.71. The number of fused-ring (bicyclic) bond motifs is 1. The third kappa shape index (κ3) is 1.95. The van der Waals surface area contributed by atoms with E-state index in [0.717, 1.165) is 24.2 Å². The molecular formula is C12H15N5O. The molecule has 2 heterocycles. The lowest BCUT2D eigenvalue weighted by Crippen LogP contribution is -2.06. The summed E-state index contributed by atoms with van der Waals surface area (Å²) in [5.74, 6) is 0.556. The Morgan fingerprint density at radius 3 is 3.17 bits per heavy atom. The molecule has 6 heteroatoms. The molecule has 0 spiro atoms. The van der Waals surface area contributed by atoms with Gasteiger partial charge in [0, 0.05) is 24.2 Å². The quantitative estimate of drug-likeness (QED) is 0.821. The van der Waals surface area contributed by atoms with E-state index in [-0.39, 0.29) is 0 Å². The lowest BCUT2D eigenvalue weighted by molar-refractivity contribution is 0.176. The minimum absolute atomic E-state index is 0.381. The van der Waals surface area contributed by atoms with E-state index < -0.39 is 6.10 Å². The number of hydrogen-bond acceptors (Lipinski definition) is 5. The van der Waals surface area contributed by atoms with Gasteiger partial charge in [0.15, 0.2) is 5.82 Å². The first-order valence-electron chi connectivity index (χ1n) is 6.00. The zero-order valence-electron chi connectivity index (χ0n) is 10.2. The predicted octanol–water partition coefficient (Wildman–Crippen LogP) is 0.454. The molecule has 0 saturated carbocycles. The third-order valence-corrected chi connectivity index (χ3v) is 3.16. The van der Waals surface area contributed by atoms with Crippen molar-refractivity contribution < 1.29 is 5.11 Å². The van der Waals surface area contributed by atoms with Gasteiger partial charge in [0.05, 0.1) is 13.2 Å². The Balaban J connectivity index is 1.84. The van der Waals surface area contributed by atoms with Gasteiger partial charge in [-0.2, -0.15) is 4.80 Å². The third-order valence-electron chi connectivity index (χ3n) is 3.16. The van der Waals surface area contributed by atoms with E-state index in [1.54, 1.807) is 7.05 Å². The van der Waals surface area contributed by atoms with E-state index in [2.05, 4.69) is 26.8 Å². The fourth-order valence-corrected chi connectivity index (χ4v) is 2.33. The van der Waals surface area contributed by atoms with Crippen LogP contribution in [-0.4, -0.2) is 31.9 Å². The molecule has 1 atom stereocenters. The van der Waals surface area contributed by atoms with Crippen LogP contribution in [0, 0.1) is 0 Å². The molecule has 1 aromatic carbocycles. The normalized spacial score (nSPS) is 15.2. The summed E-state index contributed by atoms with van der Waals surface area (Å²) in [6, 6.07) is 6.01. The summed E-state index contributed by atoms with van der Waals surface area (Å²) in [5, 5.41) is 25.4. The molecule has 0 amide bonds. The van der Waals surface area contributed by atoms with Crippen molar-refractivity contribution in [3.63, 3.8) is 0 Å². The van der Waals surface area contributed by atoms with Crippen LogP contribution in [0.5, 0.6) is 0 Å². The van der Waals surface area contributed by atoms with Crippen molar-refractivity contribution in [3.8, 4) is 0 Å². The molecule has 1 aliphatic heterocycles. The number of rotatable bonds is 3. The van der Waals surface area contributed by atoms with Crippen LogP contribution in [0.3, 0.4) is 0 Å². The van der Waals surface area contributed by atoms with Crippen LogP contribution >= 0.6 is 0 Å². The van der Waals surface area contributed by atoms with Crippen molar-refractivity contribution in [3.05, 3.63) is 35.2 Å². The number of benzene rings is 1. The van der Waals surface area contributed by atoms with E-state index in [0.29, 0.717) is 12.2 Å². The molecule has 0 bridgehead atoms. The van der Waals surface area contributed by atoms with Crippen LogP contribution in [0.1, 0.15) is 23.1 Å². The van der Waals surface area contributed by atoms with Crippen molar-refractivity contribution in [1.29, 1.82) is 0 Å². The number of aromatic nitrogens is 4. The Labute approximate surface area is 105 Å². The minimum atomic E-state index is -0.602. The molecule has 2 N–H and O–H groups in total. The standard InChI is InChI=1S/C12H15N5O/c1-17-15-11(14-16-17)7-10(18)9-4-2-3-8-5-6-13-12(8)9/h2-4,10,13,18H,5-7H2,1H3. The van der Waals surface area contributed by atoms with Crippen LogP contribution in [0.25, 0.3) is 0 Å². The molecule has 6 nitrogen and oxygen atoms in total. The van der Waals surface area contributed by atoms with Crippen LogP contribution in [0.15, 0.2) is 18.2 Å². The maximum Gasteiger partial charge on any atom is 0.177 e. The van der Waals surface area contributed by atoms with E-state index in [1.807, 2.05) is 12.1 Å². The number of aryl methyl sites for hydroxylation is 1. The number of nitrogens with one attached hydrogen (secondary N) is 1. The SMILES string of the molecule is Cn1nnc(CC(O)c2cccc3c2NCC3)n1. The van der Waals surface area contributed by atoms with Crippen LogP contribution in [-0.2, 0) is 19.9 Å². The molecule has 1 aromatic heterocycles. The Bertz CT molecular complexity index is 565. The van der Waals surface area contributed by atoms with E-state index in [9.17, 15) is 5.11 Å². The zero-order chi connectivity index (χ0) is 12.5. The smallest absolute Gasteiger partial charge is 0.177 e. The van der Waals surface area contributed by atoms with E-state index in [4.69, 9.17) is 0 Å². The first-order chi connectivity index (χ1) is 8.74. The van der Waals surface area contributed by atoms with Crippen molar-refractivity contribution in [2.24, 2.45) is 7.05 Å². The molecule has 94 valence electrons. The topological polar surface area (TPSA) is 75.9 Å². The first-order valence-corrected chi connectivity index (χ1v) is 6.00. The van der Waals surface area contributed by atoms with Gasteiger partial charge in [-0.1, -0.05) is 18.2 Å². The van der Waals surface area contributed by atoms with Crippen molar-refractivity contribution in [2.45, 2.75) is 18.9 Å². The predicted molar refractivity (Wildman–Crippen MR) is 66.1 cm³/mol. The number of nitrogens with zero attached hydrogens (tertiary/aromatic N) is 4. The highest BCUT2D eigenvalue weighted by Crippen LogP contribution is 2.31. The number of anilines is 1. The van der Waals surface area contributed by atoms with Gasteiger partial charge in [0.2, 0.25) is 0 Å². The van der Waals surface area contributed by atoms with E-state index >= 15 is 0 Å². The molecule has 3 rings (SSSR count). The van der Waals surface area contributed by atoms with Crippen molar-refractivity contribution >= 4 is 5.69 Å². The Morgan fingerprint density at radius 1 is 1.50 bits per heavy atom. The molecule has 18 heavy (non-hydrogen) atoms. The van der Waals surface area contributed by atoms with Crippen molar-refractivity contribution in [2.75, 3.05) is 11.9 Å². The summed E-state index contributed by atoms with van der Waals surface area (Å²) in [5.41, 5.74) is 3.24. The minimum Gasteiger partial charge on any atom is -0.388 e. The number of tetrazole rings is 1. The van der Waals surface area contributed by atoms with Crippen LogP contribution in [0.2, 0.25) is 0 Å². The highest BCUT2D eigenvalue weighted by atomic mass is 16.3. The van der Waals surface area contributed by atoms with Crippen molar-refractivity contribution in [1.82, 2.24) is 20.2 Å². The Morgan fingerprint density at radius 2 is 2.39 bits per heavy atom. The molecule has 0 aliphatic carbocycles. The maximum atomic E-state index is 10.3. The lowest BCUT2D eigenvalue weighted by atomic mass is 10.0. The summed E-state index contributed by atoms with van der Waals surface area (Å²) in [4.78, 5) is 1.40. The average Bonchev–Trinajstić information content (AvgIpc) is 2.97. The number of aliphatic hydroxyl groups excluding tert-OH is 1. The van der Waals surface area contributed by atoms with E-state index in [1.165, 1.54) is 10.4 Å². The van der Waals surface area contributed by atoms with Gasteiger partial charge >= 0.3 is 0 Å². The molecule has 0 saturated heterocycles. The van der Waals surface area contributed by atoms with Gasteiger partial charge in [-0.15, -0.1) is 10.2 Å². The second kappa shape index (κ2) is 4.38. The summed E-state index contributed by atoms with van der Waals surface area (Å²) in [6.45, 7) is 0.933. The van der Waals surface area contributed by atoms with Gasteiger partial charge in [-0.3, -0.25) is 0 Å². The lowest BCUT2D eigenvalue weighted by Gasteiger charge is -2.13. The molecular weight excluding hydrogens is 230 g/mol. The Hall–Kier alpha value is -1.95. The molecule has 0 fully saturated rings. The van der Waals surface area contributed by atoms with Crippen LogP contribution < -0.4 is 5.32 Å². The van der Waals surface area contributed by atoms with Crippen LogP contribution in [0.4, 0.5) is 5.69 Å². The van der Waals surface area contributed by atoms with Gasteiger partial charge in [-0.25, -0.2) is 0 Å². The molecule has 1 aliphatic rings. The van der Waals surface area contributed by atoms with Gasteiger partial charge in [-0.05, 0) is 17.2 Å². The summed E-state index contributed by atoms with van der Waals surface area (Å²) >= 11 is 0. The number of aliphatic hydroxyl groups is 1. The summed E-state index contributed by atoms with van der Waals surface area (Å²) in [7, 11) is 1.71. The summed E-state index contributed by atoms with van der Waals surface area (Å²) in [6.07, 6.45) is 0.792. The second-order valence-corrected chi connectivity index (χ2v) is 4.47. The van der Waals surface area contributed by atoms with Gasteiger partial charge in [0.1, 0.15) is 0 Å².